The molecular formula is C44H66N10O9. The van der Waals surface area contributed by atoms with Crippen molar-refractivity contribution in [3.8, 4) is 0 Å². The van der Waals surface area contributed by atoms with Gasteiger partial charge < -0.3 is 47.6 Å². The maximum atomic E-state index is 12.8. The molecule has 2 rings (SSSR count). The minimum Gasteiger partial charge on any atom is -0.481 e. The number of carboxylic acid groups (broad SMARTS) is 1. The number of nitrogens with one attached hydrogen (secondary N) is 6. The van der Waals surface area contributed by atoms with E-state index in [1.165, 1.54) is 19.0 Å². The molecule has 0 saturated heterocycles. The largest absolute Gasteiger partial charge is 0.481 e. The first-order chi connectivity index (χ1) is 29.8. The Morgan fingerprint density at radius 1 is 0.619 bits per heavy atom. The van der Waals surface area contributed by atoms with Gasteiger partial charge >= 0.3 is 5.97 Å². The Balaban J connectivity index is 1.63. The number of rotatable bonds is 28. The summed E-state index contributed by atoms with van der Waals surface area (Å²) in [6.07, 6.45) is 4.59. The van der Waals surface area contributed by atoms with Crippen LogP contribution in [0.4, 0.5) is 22.7 Å². The minimum atomic E-state index is -1.19. The molecule has 0 radical (unpaired) electrons. The van der Waals surface area contributed by atoms with E-state index in [1.807, 2.05) is 0 Å². The zero-order chi connectivity index (χ0) is 46.8. The van der Waals surface area contributed by atoms with E-state index in [0.29, 0.717) is 61.5 Å². The second-order valence-electron chi connectivity index (χ2n) is 16.4. The van der Waals surface area contributed by atoms with Crippen molar-refractivity contribution < 1.29 is 43.5 Å². The molecule has 0 aliphatic carbocycles. The molecule has 0 saturated carbocycles. The Morgan fingerprint density at radius 3 is 1.59 bits per heavy atom. The monoisotopic (exact) mass is 879 g/mol. The van der Waals surface area contributed by atoms with E-state index in [-0.39, 0.29) is 56.4 Å². The van der Waals surface area contributed by atoms with Gasteiger partial charge in [0.2, 0.25) is 41.4 Å². The van der Waals surface area contributed by atoms with Crippen LogP contribution in [0.5, 0.6) is 0 Å². The van der Waals surface area contributed by atoms with Crippen LogP contribution in [-0.4, -0.2) is 103 Å². The fourth-order valence-corrected chi connectivity index (χ4v) is 6.09. The predicted octanol–water partition coefficient (Wildman–Crippen LogP) is 4.29. The van der Waals surface area contributed by atoms with Crippen molar-refractivity contribution in [2.45, 2.75) is 103 Å². The predicted molar refractivity (Wildman–Crippen MR) is 239 cm³/mol. The van der Waals surface area contributed by atoms with Crippen molar-refractivity contribution >= 4 is 70.1 Å². The van der Waals surface area contributed by atoms with Gasteiger partial charge in [0.1, 0.15) is 0 Å². The van der Waals surface area contributed by atoms with Crippen LogP contribution in [-0.2, 0) is 38.4 Å². The van der Waals surface area contributed by atoms with Crippen molar-refractivity contribution in [2.75, 3.05) is 50.9 Å². The summed E-state index contributed by atoms with van der Waals surface area (Å²) in [5.41, 5.74) is 7.50. The summed E-state index contributed by atoms with van der Waals surface area (Å²) in [7, 11) is 2.97. The molecule has 0 aliphatic rings. The van der Waals surface area contributed by atoms with Crippen molar-refractivity contribution in [1.82, 2.24) is 26.2 Å². The number of amides is 7. The Labute approximate surface area is 369 Å². The fourth-order valence-electron chi connectivity index (χ4n) is 6.09. The molecule has 63 heavy (non-hydrogen) atoms. The smallest absolute Gasteiger partial charge is 0.306 e. The third-order valence-electron chi connectivity index (χ3n) is 9.36. The number of hydrogen-bond donors (Lipinski definition) is 8. The molecule has 2 atom stereocenters. The van der Waals surface area contributed by atoms with Gasteiger partial charge in [-0.15, -0.1) is 0 Å². The van der Waals surface area contributed by atoms with E-state index in [2.05, 4.69) is 42.1 Å². The molecule has 7 amide bonds. The average molecular weight is 879 g/mol. The molecule has 0 aliphatic heterocycles. The first-order valence-electron chi connectivity index (χ1n) is 21.3. The quantitative estimate of drug-likeness (QED) is 0.0443. The second kappa shape index (κ2) is 28.4. The van der Waals surface area contributed by atoms with Gasteiger partial charge in [0, 0.05) is 69.2 Å². The number of anilines is 2. The van der Waals surface area contributed by atoms with Gasteiger partial charge in [-0.05, 0) is 114 Å². The van der Waals surface area contributed by atoms with Crippen LogP contribution in [0.25, 0.3) is 0 Å². The number of carboxylic acids is 1. The third-order valence-corrected chi connectivity index (χ3v) is 9.36. The van der Waals surface area contributed by atoms with Crippen LogP contribution in [0.1, 0.15) is 97.8 Å². The molecule has 346 valence electrons. The van der Waals surface area contributed by atoms with Crippen LogP contribution >= 0.6 is 0 Å². The first kappa shape index (κ1) is 52.9. The molecule has 19 nitrogen and oxygen atoms in total. The maximum absolute atomic E-state index is 12.8. The van der Waals surface area contributed by atoms with Gasteiger partial charge in [0.25, 0.3) is 0 Å². The molecule has 2 aromatic rings. The van der Waals surface area contributed by atoms with E-state index in [1.54, 1.807) is 69.3 Å². The zero-order valence-electron chi connectivity index (χ0n) is 37.2. The average Bonchev–Trinajstić information content (AvgIpc) is 3.22. The molecule has 0 fully saturated rings. The van der Waals surface area contributed by atoms with Gasteiger partial charge in [-0.2, -0.15) is 10.2 Å². The van der Waals surface area contributed by atoms with E-state index in [4.69, 9.17) is 5.73 Å². The molecule has 2 unspecified atom stereocenters. The maximum Gasteiger partial charge on any atom is 0.306 e. The third kappa shape index (κ3) is 24.1. The molecule has 0 bridgehead atoms. The number of benzene rings is 2. The van der Waals surface area contributed by atoms with Gasteiger partial charge in [-0.3, -0.25) is 38.4 Å². The number of aliphatic carboxylic acids is 1. The molecule has 9 N–H and O–H groups in total. The van der Waals surface area contributed by atoms with Crippen molar-refractivity contribution in [3.05, 3.63) is 48.5 Å². The van der Waals surface area contributed by atoms with Crippen LogP contribution in [0.2, 0.25) is 0 Å². The number of nitrogens with two attached hydrogens (primary N) is 1. The summed E-state index contributed by atoms with van der Waals surface area (Å²) < 4.78 is 0. The van der Waals surface area contributed by atoms with E-state index in [0.717, 1.165) is 19.3 Å². The number of carbonyl (C=O) groups excluding carboxylic acids is 7. The van der Waals surface area contributed by atoms with Crippen LogP contribution in [0.15, 0.2) is 58.8 Å². The highest BCUT2D eigenvalue weighted by Crippen LogP contribution is 2.24. The van der Waals surface area contributed by atoms with Crippen LogP contribution < -0.4 is 37.6 Å². The Morgan fingerprint density at radius 2 is 1.11 bits per heavy atom. The number of nitrogens with zero attached hydrogens (tertiary/aromatic N) is 3. The van der Waals surface area contributed by atoms with E-state index in [9.17, 15) is 43.5 Å². The minimum absolute atomic E-state index is 0.0224. The number of hydrogen-bond acceptors (Lipinski definition) is 11. The van der Waals surface area contributed by atoms with Gasteiger partial charge in [0.05, 0.1) is 30.4 Å². The lowest BCUT2D eigenvalue weighted by molar-refractivity contribution is -0.144. The molecular weight excluding hydrogens is 813 g/mol. The van der Waals surface area contributed by atoms with Gasteiger partial charge in [0.15, 0.2) is 0 Å². The molecule has 0 aromatic heterocycles. The van der Waals surface area contributed by atoms with Crippen LogP contribution in [0, 0.1) is 11.8 Å². The Bertz CT molecular complexity index is 1850. The molecule has 19 heteroatoms. The highest BCUT2D eigenvalue weighted by Gasteiger charge is 2.31. The normalized spacial score (nSPS) is 12.1. The molecule has 0 spiro atoms. The fraction of sp³-hybridized carbons (Fsp3) is 0.545. The molecule has 2 aromatic carbocycles. The zero-order valence-corrected chi connectivity index (χ0v) is 37.2. The summed E-state index contributed by atoms with van der Waals surface area (Å²) in [6.45, 7) is 5.58. The summed E-state index contributed by atoms with van der Waals surface area (Å²) in [6, 6.07) is 14.0. The SMILES string of the molecule is CN(C)C(=O)C(CC(=O)NCC(=O)NCC(=O)NCCCCCC(=O)Nc1ccc(N=Nc2ccc(NC(=O)CCCCCN)cc2)cc1)CC(CCC(=O)NC(C)(C)C)C(=O)O. The number of unbranched alkanes of at least 4 members (excludes halogenated alkanes) is 4. The lowest BCUT2D eigenvalue weighted by Gasteiger charge is -2.24. The number of azo groups is 1. The summed E-state index contributed by atoms with van der Waals surface area (Å²) >= 11 is 0. The number of carbonyl (C=O) groups is 8. The van der Waals surface area contributed by atoms with Gasteiger partial charge in [-0.25, -0.2) is 0 Å². The van der Waals surface area contributed by atoms with Crippen molar-refractivity contribution in [3.63, 3.8) is 0 Å². The second-order valence-corrected chi connectivity index (χ2v) is 16.4. The highest BCUT2D eigenvalue weighted by molar-refractivity contribution is 5.92. The molecule has 0 heterocycles. The summed E-state index contributed by atoms with van der Waals surface area (Å²) in [5.74, 6) is -5.95. The standard InChI is InChI=1S/C44H66N10O9/c1-44(2,3)51-38(57)23-14-30(43(62)63)26-31(42(61)54(4)5)27-39(58)47-29-41(60)48-28-40(59)46-25-11-7-9-13-37(56)50-33-17-21-35(22-18-33)53-52-34-19-15-32(16-20-34)49-36(55)12-8-6-10-24-45/h15-22,30-31H,6-14,23-29,45H2,1-5H3,(H,46,59)(H,47,58)(H,48,60)(H,49,55)(H,50,56)(H,51,57)(H,62,63). The Hall–Kier alpha value is -6.24. The highest BCUT2D eigenvalue weighted by atomic mass is 16.4. The van der Waals surface area contributed by atoms with Crippen molar-refractivity contribution in [2.24, 2.45) is 27.8 Å². The Kier molecular flexibility index (Phi) is 23.8. The van der Waals surface area contributed by atoms with E-state index >= 15 is 0 Å². The van der Waals surface area contributed by atoms with Crippen molar-refractivity contribution in [1.29, 1.82) is 0 Å². The lowest BCUT2D eigenvalue weighted by Crippen LogP contribution is -2.43. The first-order valence-corrected chi connectivity index (χ1v) is 21.3. The topological polar surface area (TPSA) is 283 Å². The van der Waals surface area contributed by atoms with Gasteiger partial charge in [-0.1, -0.05) is 12.8 Å². The lowest BCUT2D eigenvalue weighted by atomic mass is 9.87. The summed E-state index contributed by atoms with van der Waals surface area (Å²) in [4.78, 5) is 100. The van der Waals surface area contributed by atoms with E-state index < -0.39 is 53.5 Å². The van der Waals surface area contributed by atoms with Crippen LogP contribution in [0.3, 0.4) is 0 Å². The summed E-state index contributed by atoms with van der Waals surface area (Å²) in [5, 5.41) is 34.2.